The number of hydrogen-bond donors (Lipinski definition) is 1. The van der Waals surface area contributed by atoms with Gasteiger partial charge in [0.2, 0.25) is 0 Å². The molecule has 1 aromatic heterocycles. The van der Waals surface area contributed by atoms with Crippen molar-refractivity contribution in [1.29, 1.82) is 0 Å². The van der Waals surface area contributed by atoms with Crippen LogP contribution in [0.15, 0.2) is 12.4 Å². The van der Waals surface area contributed by atoms with E-state index in [1.54, 1.807) is 0 Å². The fourth-order valence-electron chi connectivity index (χ4n) is 1.64. The zero-order chi connectivity index (χ0) is 11.3. The quantitative estimate of drug-likeness (QED) is 0.780. The monoisotopic (exact) mass is 209 g/mol. The molecule has 0 spiro atoms. The van der Waals surface area contributed by atoms with Gasteiger partial charge in [0.05, 0.1) is 0 Å². The summed E-state index contributed by atoms with van der Waals surface area (Å²) in [5.41, 5.74) is 6.05. The Balaban J connectivity index is 2.22. The molecule has 3 heteroatoms. The van der Waals surface area contributed by atoms with E-state index in [1.165, 1.54) is 6.42 Å². The van der Waals surface area contributed by atoms with Crippen molar-refractivity contribution >= 4 is 0 Å². The molecule has 0 fully saturated rings. The van der Waals surface area contributed by atoms with Crippen molar-refractivity contribution in [3.05, 3.63) is 18.2 Å². The van der Waals surface area contributed by atoms with Crippen LogP contribution in [0.2, 0.25) is 0 Å². The van der Waals surface area contributed by atoms with Crippen LogP contribution in [0.25, 0.3) is 0 Å². The Bertz CT molecular complexity index is 278. The number of rotatable bonds is 6. The van der Waals surface area contributed by atoms with Gasteiger partial charge in [0.1, 0.15) is 5.82 Å². The molecule has 0 aliphatic carbocycles. The van der Waals surface area contributed by atoms with Crippen LogP contribution >= 0.6 is 0 Å². The number of imidazole rings is 1. The normalized spacial score (nSPS) is 13.4. The SMILES string of the molecule is CC(C)CCC(N)CCc1nccn1C. The van der Waals surface area contributed by atoms with Crippen molar-refractivity contribution in [3.63, 3.8) is 0 Å². The van der Waals surface area contributed by atoms with Gasteiger partial charge in [0.25, 0.3) is 0 Å². The van der Waals surface area contributed by atoms with Gasteiger partial charge in [0, 0.05) is 31.9 Å². The Kier molecular flexibility index (Phi) is 4.82. The number of aryl methyl sites for hydroxylation is 2. The molecule has 0 saturated carbocycles. The van der Waals surface area contributed by atoms with Gasteiger partial charge in [-0.25, -0.2) is 4.98 Å². The van der Waals surface area contributed by atoms with E-state index in [2.05, 4.69) is 23.4 Å². The van der Waals surface area contributed by atoms with Gasteiger partial charge in [-0.05, 0) is 25.2 Å². The first-order valence-electron chi connectivity index (χ1n) is 5.81. The highest BCUT2D eigenvalue weighted by Gasteiger charge is 2.06. The van der Waals surface area contributed by atoms with Crippen LogP contribution in [0.5, 0.6) is 0 Å². The van der Waals surface area contributed by atoms with E-state index in [0.717, 1.165) is 31.0 Å². The third kappa shape index (κ3) is 4.47. The van der Waals surface area contributed by atoms with Crippen LogP contribution in [-0.2, 0) is 13.5 Å². The van der Waals surface area contributed by atoms with Crippen molar-refractivity contribution in [2.45, 2.75) is 45.6 Å². The predicted molar refractivity (Wildman–Crippen MR) is 63.6 cm³/mol. The third-order valence-electron chi connectivity index (χ3n) is 2.77. The zero-order valence-corrected chi connectivity index (χ0v) is 10.1. The molecule has 0 aliphatic heterocycles. The van der Waals surface area contributed by atoms with Crippen molar-refractivity contribution in [1.82, 2.24) is 9.55 Å². The van der Waals surface area contributed by atoms with E-state index in [9.17, 15) is 0 Å². The first-order chi connectivity index (χ1) is 7.09. The highest BCUT2D eigenvalue weighted by Crippen LogP contribution is 2.09. The first-order valence-corrected chi connectivity index (χ1v) is 5.81. The van der Waals surface area contributed by atoms with E-state index in [1.807, 2.05) is 19.4 Å². The molecule has 86 valence electrons. The van der Waals surface area contributed by atoms with E-state index < -0.39 is 0 Å². The molecule has 1 heterocycles. The Morgan fingerprint density at radius 3 is 2.60 bits per heavy atom. The maximum atomic E-state index is 6.05. The number of aromatic nitrogens is 2. The summed E-state index contributed by atoms with van der Waals surface area (Å²) in [4.78, 5) is 4.29. The lowest BCUT2D eigenvalue weighted by atomic mass is 10.0. The van der Waals surface area contributed by atoms with Crippen LogP contribution in [0, 0.1) is 5.92 Å². The second-order valence-electron chi connectivity index (χ2n) is 4.72. The summed E-state index contributed by atoms with van der Waals surface area (Å²) in [5.74, 6) is 1.89. The average Bonchev–Trinajstić information content (AvgIpc) is 2.58. The maximum absolute atomic E-state index is 6.05. The van der Waals surface area contributed by atoms with E-state index in [-0.39, 0.29) is 0 Å². The van der Waals surface area contributed by atoms with E-state index in [0.29, 0.717) is 6.04 Å². The molecule has 0 amide bonds. The summed E-state index contributed by atoms with van der Waals surface area (Å²) in [7, 11) is 2.03. The van der Waals surface area contributed by atoms with Crippen LogP contribution in [-0.4, -0.2) is 15.6 Å². The fraction of sp³-hybridized carbons (Fsp3) is 0.750. The molecule has 1 aromatic rings. The van der Waals surface area contributed by atoms with Crippen LogP contribution in [0.3, 0.4) is 0 Å². The van der Waals surface area contributed by atoms with E-state index in [4.69, 9.17) is 5.73 Å². The van der Waals surface area contributed by atoms with Gasteiger partial charge in [0.15, 0.2) is 0 Å². The molecule has 0 aromatic carbocycles. The number of nitrogens with two attached hydrogens (primary N) is 1. The van der Waals surface area contributed by atoms with Gasteiger partial charge in [-0.2, -0.15) is 0 Å². The molecule has 0 saturated heterocycles. The number of nitrogens with zero attached hydrogens (tertiary/aromatic N) is 2. The van der Waals surface area contributed by atoms with Gasteiger partial charge in [-0.3, -0.25) is 0 Å². The molecule has 1 atom stereocenters. The third-order valence-corrected chi connectivity index (χ3v) is 2.77. The molecule has 15 heavy (non-hydrogen) atoms. The molecule has 1 rings (SSSR count). The van der Waals surface area contributed by atoms with Crippen LogP contribution in [0.1, 0.15) is 38.9 Å². The summed E-state index contributed by atoms with van der Waals surface area (Å²) in [6.45, 7) is 4.48. The summed E-state index contributed by atoms with van der Waals surface area (Å²) >= 11 is 0. The Morgan fingerprint density at radius 1 is 1.33 bits per heavy atom. The predicted octanol–water partition coefficient (Wildman–Crippen LogP) is 2.12. The highest BCUT2D eigenvalue weighted by molar-refractivity contribution is 4.91. The largest absolute Gasteiger partial charge is 0.338 e. The second kappa shape index (κ2) is 5.91. The highest BCUT2D eigenvalue weighted by atomic mass is 15.0. The smallest absolute Gasteiger partial charge is 0.108 e. The topological polar surface area (TPSA) is 43.8 Å². The zero-order valence-electron chi connectivity index (χ0n) is 10.1. The minimum atomic E-state index is 0.323. The van der Waals surface area contributed by atoms with Crippen molar-refractivity contribution in [3.8, 4) is 0 Å². The van der Waals surface area contributed by atoms with Gasteiger partial charge >= 0.3 is 0 Å². The Hall–Kier alpha value is -0.830. The Morgan fingerprint density at radius 2 is 2.07 bits per heavy atom. The standard InChI is InChI=1S/C12H23N3/c1-10(2)4-5-11(13)6-7-12-14-8-9-15(12)3/h8-11H,4-7,13H2,1-3H3. The lowest BCUT2D eigenvalue weighted by molar-refractivity contribution is 0.474. The second-order valence-corrected chi connectivity index (χ2v) is 4.72. The molecule has 0 aliphatic rings. The van der Waals surface area contributed by atoms with Crippen molar-refractivity contribution in [2.75, 3.05) is 0 Å². The lowest BCUT2D eigenvalue weighted by Crippen LogP contribution is -2.21. The fourth-order valence-corrected chi connectivity index (χ4v) is 1.64. The molecule has 0 bridgehead atoms. The van der Waals surface area contributed by atoms with Crippen molar-refractivity contribution < 1.29 is 0 Å². The summed E-state index contributed by atoms with van der Waals surface area (Å²) in [6, 6.07) is 0.323. The van der Waals surface area contributed by atoms with Gasteiger partial charge < -0.3 is 10.3 Å². The molecule has 2 N–H and O–H groups in total. The molecule has 0 radical (unpaired) electrons. The van der Waals surface area contributed by atoms with Gasteiger partial charge in [-0.15, -0.1) is 0 Å². The summed E-state index contributed by atoms with van der Waals surface area (Å²) in [5, 5.41) is 0. The Labute approximate surface area is 92.7 Å². The minimum Gasteiger partial charge on any atom is -0.338 e. The average molecular weight is 209 g/mol. The van der Waals surface area contributed by atoms with E-state index >= 15 is 0 Å². The summed E-state index contributed by atoms with van der Waals surface area (Å²) < 4.78 is 2.06. The number of hydrogen-bond acceptors (Lipinski definition) is 2. The maximum Gasteiger partial charge on any atom is 0.108 e. The first kappa shape index (κ1) is 12.2. The van der Waals surface area contributed by atoms with Crippen LogP contribution in [0.4, 0.5) is 0 Å². The lowest BCUT2D eigenvalue weighted by Gasteiger charge is -2.12. The molecule has 3 nitrogen and oxygen atoms in total. The molecular weight excluding hydrogens is 186 g/mol. The van der Waals surface area contributed by atoms with Gasteiger partial charge in [-0.1, -0.05) is 13.8 Å². The summed E-state index contributed by atoms with van der Waals surface area (Å²) in [6.07, 6.45) is 8.20. The minimum absolute atomic E-state index is 0.323. The molecular formula is C12H23N3. The molecule has 1 unspecified atom stereocenters. The van der Waals surface area contributed by atoms with Crippen LogP contribution < -0.4 is 5.73 Å². The van der Waals surface area contributed by atoms with Crippen molar-refractivity contribution in [2.24, 2.45) is 18.7 Å².